The second kappa shape index (κ2) is 7.76. The topological polar surface area (TPSA) is 73.9 Å². The first-order valence-corrected chi connectivity index (χ1v) is 9.10. The highest BCUT2D eigenvalue weighted by atomic mass is 16.1. The molecule has 1 saturated heterocycles. The van der Waals surface area contributed by atoms with Gasteiger partial charge in [-0.25, -0.2) is 4.98 Å². The van der Waals surface area contributed by atoms with Crippen LogP contribution < -0.4 is 10.9 Å². The molecule has 3 aromatic rings. The maximum atomic E-state index is 12.1. The molecule has 134 valence electrons. The molecule has 1 aliphatic rings. The van der Waals surface area contributed by atoms with Crippen molar-refractivity contribution in [3.05, 3.63) is 70.5 Å². The summed E-state index contributed by atoms with van der Waals surface area (Å²) in [5.74, 6) is 0.669. The number of H-pyrrole nitrogens is 1. The molecule has 1 fully saturated rings. The highest BCUT2D eigenvalue weighted by Crippen LogP contribution is 2.14. The Hall–Kier alpha value is -2.57. The minimum absolute atomic E-state index is 0.105. The molecule has 2 N–H and O–H groups in total. The molecule has 26 heavy (non-hydrogen) atoms. The van der Waals surface area contributed by atoms with E-state index in [-0.39, 0.29) is 5.56 Å². The van der Waals surface area contributed by atoms with Crippen molar-refractivity contribution in [2.24, 2.45) is 0 Å². The van der Waals surface area contributed by atoms with Gasteiger partial charge >= 0.3 is 0 Å². The Balaban J connectivity index is 1.30. The minimum atomic E-state index is -0.105. The van der Waals surface area contributed by atoms with Crippen LogP contribution in [-0.4, -0.2) is 39.0 Å². The highest BCUT2D eigenvalue weighted by molar-refractivity contribution is 5.75. The number of aromatic amines is 1. The van der Waals surface area contributed by atoms with Crippen molar-refractivity contribution in [1.82, 2.24) is 25.2 Å². The third-order valence-electron chi connectivity index (χ3n) is 4.95. The Labute approximate surface area is 152 Å². The summed E-state index contributed by atoms with van der Waals surface area (Å²) in [4.78, 5) is 26.0. The van der Waals surface area contributed by atoms with Crippen LogP contribution in [0.2, 0.25) is 0 Å². The third kappa shape index (κ3) is 3.98. The number of hydrogen-bond acceptors (Lipinski definition) is 5. The number of likely N-dealkylation sites (tertiary alicyclic amines) is 1. The van der Waals surface area contributed by atoms with Gasteiger partial charge in [0.25, 0.3) is 5.56 Å². The Kier molecular flexibility index (Phi) is 5.04. The predicted molar refractivity (Wildman–Crippen MR) is 102 cm³/mol. The third-order valence-corrected chi connectivity index (χ3v) is 4.95. The molecule has 0 unspecified atom stereocenters. The summed E-state index contributed by atoms with van der Waals surface area (Å²) < 4.78 is 0. The first-order chi connectivity index (χ1) is 12.8. The van der Waals surface area contributed by atoms with Crippen LogP contribution >= 0.6 is 0 Å². The molecule has 6 nitrogen and oxygen atoms in total. The number of rotatable bonds is 5. The number of nitrogens with zero attached hydrogens (tertiary/aromatic N) is 3. The van der Waals surface area contributed by atoms with Crippen LogP contribution in [0.25, 0.3) is 10.9 Å². The van der Waals surface area contributed by atoms with Gasteiger partial charge in [0.1, 0.15) is 5.82 Å². The van der Waals surface area contributed by atoms with Gasteiger partial charge in [0.05, 0.1) is 23.6 Å². The van der Waals surface area contributed by atoms with E-state index < -0.39 is 0 Å². The monoisotopic (exact) mass is 349 g/mol. The van der Waals surface area contributed by atoms with Crippen LogP contribution in [0.15, 0.2) is 53.6 Å². The molecule has 0 aliphatic carbocycles. The van der Waals surface area contributed by atoms with Gasteiger partial charge in [-0.1, -0.05) is 30.3 Å². The fourth-order valence-electron chi connectivity index (χ4n) is 3.50. The second-order valence-electron chi connectivity index (χ2n) is 6.82. The van der Waals surface area contributed by atoms with Gasteiger partial charge < -0.3 is 10.3 Å². The zero-order chi connectivity index (χ0) is 17.8. The van der Waals surface area contributed by atoms with Crippen molar-refractivity contribution in [2.45, 2.75) is 32.0 Å². The van der Waals surface area contributed by atoms with E-state index in [1.54, 1.807) is 18.5 Å². The van der Waals surface area contributed by atoms with E-state index in [0.29, 0.717) is 29.3 Å². The average molecular weight is 349 g/mol. The lowest BCUT2D eigenvalue weighted by Gasteiger charge is -2.32. The number of hydrogen-bond donors (Lipinski definition) is 2. The number of pyridine rings is 1. The van der Waals surface area contributed by atoms with Gasteiger partial charge in [-0.15, -0.1) is 0 Å². The summed E-state index contributed by atoms with van der Waals surface area (Å²) in [5, 5.41) is 4.12. The molecular formula is C20H23N5O. The molecule has 0 spiro atoms. The smallest absolute Gasteiger partial charge is 0.258 e. The molecule has 0 amide bonds. The number of aromatic nitrogens is 3. The standard InChI is InChI=1S/C20H23N5O/c26-20-17-6-9-21-12-18(17)23-19(24-20)13-22-16-7-10-25(11-8-16)14-15-4-2-1-3-5-15/h1-6,9,12,16,22H,7-8,10-11,13-14H2,(H,23,24,26). The predicted octanol–water partition coefficient (Wildman–Crippen LogP) is 2.07. The Bertz CT molecular complexity index is 916. The first kappa shape index (κ1) is 16.9. The summed E-state index contributed by atoms with van der Waals surface area (Å²) >= 11 is 0. The van der Waals surface area contributed by atoms with Crippen molar-refractivity contribution in [3.8, 4) is 0 Å². The maximum absolute atomic E-state index is 12.1. The van der Waals surface area contributed by atoms with Crippen LogP contribution in [0.4, 0.5) is 0 Å². The summed E-state index contributed by atoms with van der Waals surface area (Å²) in [6.07, 6.45) is 5.45. The quantitative estimate of drug-likeness (QED) is 0.738. The molecule has 3 heterocycles. The zero-order valence-electron chi connectivity index (χ0n) is 14.7. The maximum Gasteiger partial charge on any atom is 0.258 e. The highest BCUT2D eigenvalue weighted by Gasteiger charge is 2.19. The number of nitrogens with one attached hydrogen (secondary N) is 2. The molecular weight excluding hydrogens is 326 g/mol. The molecule has 2 aromatic heterocycles. The number of benzene rings is 1. The lowest BCUT2D eigenvalue weighted by Crippen LogP contribution is -2.42. The van der Waals surface area contributed by atoms with Crippen molar-refractivity contribution in [2.75, 3.05) is 13.1 Å². The molecule has 0 atom stereocenters. The first-order valence-electron chi connectivity index (χ1n) is 9.10. The number of fused-ring (bicyclic) bond motifs is 1. The van der Waals surface area contributed by atoms with E-state index in [0.717, 1.165) is 32.5 Å². The van der Waals surface area contributed by atoms with Gasteiger partial charge in [0, 0.05) is 18.8 Å². The molecule has 0 bridgehead atoms. The number of piperidine rings is 1. The summed E-state index contributed by atoms with van der Waals surface area (Å²) in [6, 6.07) is 12.8. The molecule has 1 aromatic carbocycles. The molecule has 0 radical (unpaired) electrons. The average Bonchev–Trinajstić information content (AvgIpc) is 2.68. The van der Waals surface area contributed by atoms with E-state index in [4.69, 9.17) is 0 Å². The fraction of sp³-hybridized carbons (Fsp3) is 0.350. The SMILES string of the molecule is O=c1[nH]c(CNC2CCN(Cc3ccccc3)CC2)nc2cnccc12. The van der Waals surface area contributed by atoms with Crippen molar-refractivity contribution in [1.29, 1.82) is 0 Å². The molecule has 0 saturated carbocycles. The van der Waals surface area contributed by atoms with Gasteiger partial charge in [-0.2, -0.15) is 0 Å². The Morgan fingerprint density at radius 3 is 2.77 bits per heavy atom. The van der Waals surface area contributed by atoms with E-state index in [2.05, 4.69) is 55.5 Å². The Morgan fingerprint density at radius 1 is 1.15 bits per heavy atom. The lowest BCUT2D eigenvalue weighted by atomic mass is 10.0. The van der Waals surface area contributed by atoms with Crippen LogP contribution in [-0.2, 0) is 13.1 Å². The van der Waals surface area contributed by atoms with Crippen molar-refractivity contribution < 1.29 is 0 Å². The summed E-state index contributed by atoms with van der Waals surface area (Å²) in [5.41, 5.74) is 1.91. The normalized spacial score (nSPS) is 16.2. The lowest BCUT2D eigenvalue weighted by molar-refractivity contribution is 0.189. The fourth-order valence-corrected chi connectivity index (χ4v) is 3.50. The Morgan fingerprint density at radius 2 is 1.96 bits per heavy atom. The van der Waals surface area contributed by atoms with Crippen molar-refractivity contribution >= 4 is 10.9 Å². The molecule has 6 heteroatoms. The van der Waals surface area contributed by atoms with Crippen LogP contribution in [0.1, 0.15) is 24.2 Å². The summed E-state index contributed by atoms with van der Waals surface area (Å²) in [7, 11) is 0. The van der Waals surface area contributed by atoms with Crippen LogP contribution in [0.3, 0.4) is 0 Å². The van der Waals surface area contributed by atoms with Gasteiger partial charge in [0.15, 0.2) is 0 Å². The zero-order valence-corrected chi connectivity index (χ0v) is 14.7. The van der Waals surface area contributed by atoms with Gasteiger partial charge in [0.2, 0.25) is 0 Å². The summed E-state index contributed by atoms with van der Waals surface area (Å²) in [6.45, 7) is 3.75. The van der Waals surface area contributed by atoms with E-state index in [9.17, 15) is 4.79 Å². The van der Waals surface area contributed by atoms with E-state index in [1.165, 1.54) is 5.56 Å². The van der Waals surface area contributed by atoms with Gasteiger partial charge in [-0.3, -0.25) is 14.7 Å². The van der Waals surface area contributed by atoms with Crippen molar-refractivity contribution in [3.63, 3.8) is 0 Å². The van der Waals surface area contributed by atoms with Crippen LogP contribution in [0, 0.1) is 0 Å². The largest absolute Gasteiger partial charge is 0.309 e. The van der Waals surface area contributed by atoms with Crippen LogP contribution in [0.5, 0.6) is 0 Å². The molecule has 1 aliphatic heterocycles. The minimum Gasteiger partial charge on any atom is -0.309 e. The van der Waals surface area contributed by atoms with Gasteiger partial charge in [-0.05, 0) is 37.6 Å². The second-order valence-corrected chi connectivity index (χ2v) is 6.82. The van der Waals surface area contributed by atoms with E-state index >= 15 is 0 Å². The molecule has 4 rings (SSSR count). The van der Waals surface area contributed by atoms with E-state index in [1.807, 2.05) is 0 Å².